The van der Waals surface area contributed by atoms with Gasteiger partial charge in [0, 0.05) is 0 Å². The fourth-order valence-corrected chi connectivity index (χ4v) is 7.11. The quantitative estimate of drug-likeness (QED) is 0.0370. The zero-order valence-corrected chi connectivity index (χ0v) is 35.4. The van der Waals surface area contributed by atoms with Gasteiger partial charge in [-0.05, 0) is 38.5 Å². The predicted molar refractivity (Wildman–Crippen MR) is 231 cm³/mol. The van der Waals surface area contributed by atoms with E-state index in [1.165, 1.54) is 167 Å². The summed E-state index contributed by atoms with van der Waals surface area (Å²) >= 11 is 0. The molecule has 0 radical (unpaired) electrons. The lowest BCUT2D eigenvalue weighted by atomic mass is 10.0. The molecule has 0 aromatic carbocycles. The molecule has 5 heteroatoms. The zero-order valence-electron chi connectivity index (χ0n) is 35.4. The van der Waals surface area contributed by atoms with E-state index in [1.54, 1.807) is 6.08 Å². The topological polar surface area (TPSA) is 89.8 Å². The molecular weight excluding hydrogens is 655 g/mol. The van der Waals surface area contributed by atoms with Crippen molar-refractivity contribution in [2.24, 2.45) is 0 Å². The summed E-state index contributed by atoms with van der Waals surface area (Å²) < 4.78 is 0. The van der Waals surface area contributed by atoms with E-state index in [0.717, 1.165) is 51.4 Å². The van der Waals surface area contributed by atoms with Crippen LogP contribution in [0.5, 0.6) is 0 Å². The Morgan fingerprint density at radius 1 is 0.472 bits per heavy atom. The molecule has 0 spiro atoms. The SMILES string of the molecule is CC/C=C/CC/C=C/CC/C=C/C(O)C(CO)NC(=O)C(O)CCCCCCCCCCCCCCCCCCCCCCCCCCCCCCC. The molecule has 0 saturated heterocycles. The van der Waals surface area contributed by atoms with Crippen molar-refractivity contribution < 1.29 is 20.1 Å². The van der Waals surface area contributed by atoms with Crippen LogP contribution >= 0.6 is 0 Å². The smallest absolute Gasteiger partial charge is 0.249 e. The number of carbonyl (C=O) groups is 1. The van der Waals surface area contributed by atoms with Crippen LogP contribution in [0, 0.1) is 0 Å². The van der Waals surface area contributed by atoms with Crippen molar-refractivity contribution in [2.45, 2.75) is 257 Å². The van der Waals surface area contributed by atoms with Gasteiger partial charge in [-0.25, -0.2) is 0 Å². The van der Waals surface area contributed by atoms with Gasteiger partial charge in [-0.1, -0.05) is 237 Å². The maximum absolute atomic E-state index is 12.4. The third kappa shape index (κ3) is 38.6. The second-order valence-electron chi connectivity index (χ2n) is 15.9. The van der Waals surface area contributed by atoms with Gasteiger partial charge >= 0.3 is 0 Å². The van der Waals surface area contributed by atoms with E-state index in [0.29, 0.717) is 6.42 Å². The normalized spacial score (nSPS) is 13.8. The van der Waals surface area contributed by atoms with Gasteiger partial charge in [-0.2, -0.15) is 0 Å². The summed E-state index contributed by atoms with van der Waals surface area (Å²) in [4.78, 5) is 12.4. The highest BCUT2D eigenvalue weighted by Gasteiger charge is 2.22. The third-order valence-corrected chi connectivity index (χ3v) is 10.7. The minimum Gasteiger partial charge on any atom is -0.394 e. The van der Waals surface area contributed by atoms with Crippen LogP contribution in [0.4, 0.5) is 0 Å². The molecule has 0 bridgehead atoms. The van der Waals surface area contributed by atoms with Crippen LogP contribution < -0.4 is 5.32 Å². The maximum atomic E-state index is 12.4. The number of unbranched alkanes of at least 4 members (excludes halogenated alkanes) is 30. The van der Waals surface area contributed by atoms with Crippen molar-refractivity contribution in [3.8, 4) is 0 Å². The van der Waals surface area contributed by atoms with Crippen LogP contribution in [0.1, 0.15) is 239 Å². The van der Waals surface area contributed by atoms with Crippen molar-refractivity contribution in [1.29, 1.82) is 0 Å². The number of allylic oxidation sites excluding steroid dienone is 5. The van der Waals surface area contributed by atoms with E-state index < -0.39 is 24.2 Å². The summed E-state index contributed by atoms with van der Waals surface area (Å²) in [5.41, 5.74) is 0. The Bertz CT molecular complexity index is 824. The van der Waals surface area contributed by atoms with Gasteiger partial charge in [-0.15, -0.1) is 0 Å². The van der Waals surface area contributed by atoms with Crippen LogP contribution in [0.3, 0.4) is 0 Å². The summed E-state index contributed by atoms with van der Waals surface area (Å²) in [5, 5.41) is 33.0. The maximum Gasteiger partial charge on any atom is 0.249 e. The molecule has 0 aromatic heterocycles. The second kappa shape index (κ2) is 43.3. The first-order chi connectivity index (χ1) is 26.1. The fraction of sp³-hybridized carbons (Fsp3) is 0.854. The predicted octanol–water partition coefficient (Wildman–Crippen LogP) is 13.5. The molecule has 0 aliphatic rings. The number of hydrogen-bond donors (Lipinski definition) is 4. The lowest BCUT2D eigenvalue weighted by molar-refractivity contribution is -0.131. The Hall–Kier alpha value is -1.43. The molecular formula is C48H91NO4. The van der Waals surface area contributed by atoms with Crippen molar-refractivity contribution >= 4 is 5.91 Å². The average Bonchev–Trinajstić information content (AvgIpc) is 3.16. The first kappa shape index (κ1) is 51.6. The van der Waals surface area contributed by atoms with Crippen LogP contribution in [-0.4, -0.2) is 46.1 Å². The first-order valence-corrected chi connectivity index (χ1v) is 23.3. The standard InChI is InChI=1S/C48H91NO4/c1-3-5-7-9-11-13-15-16-17-18-19-20-21-22-23-24-25-26-27-28-29-30-31-32-33-35-37-39-41-43-47(52)48(53)49-45(44-50)46(51)42-40-38-36-34-14-12-10-8-6-4-2/h6,8,14,34,40,42,45-47,50-52H,3-5,7,9-13,15-33,35-39,41,43-44H2,1-2H3,(H,49,53)/b8-6+,34-14+,42-40+. The van der Waals surface area contributed by atoms with Crippen molar-refractivity contribution in [3.05, 3.63) is 36.5 Å². The molecule has 312 valence electrons. The molecule has 0 fully saturated rings. The largest absolute Gasteiger partial charge is 0.394 e. The van der Waals surface area contributed by atoms with E-state index in [-0.39, 0.29) is 6.61 Å². The van der Waals surface area contributed by atoms with Crippen LogP contribution in [-0.2, 0) is 4.79 Å². The van der Waals surface area contributed by atoms with E-state index >= 15 is 0 Å². The van der Waals surface area contributed by atoms with Crippen LogP contribution in [0.15, 0.2) is 36.5 Å². The Morgan fingerprint density at radius 3 is 1.13 bits per heavy atom. The minimum absolute atomic E-state index is 0.380. The highest BCUT2D eigenvalue weighted by atomic mass is 16.3. The Labute approximate surface area is 330 Å². The minimum atomic E-state index is -1.11. The summed E-state index contributed by atoms with van der Waals surface area (Å²) in [5.74, 6) is -0.517. The number of nitrogens with one attached hydrogen (secondary N) is 1. The molecule has 3 unspecified atom stereocenters. The lowest BCUT2D eigenvalue weighted by Crippen LogP contribution is -2.48. The zero-order chi connectivity index (χ0) is 38.7. The molecule has 3 atom stereocenters. The highest BCUT2D eigenvalue weighted by molar-refractivity contribution is 5.80. The van der Waals surface area contributed by atoms with Gasteiger partial charge in [0.25, 0.3) is 0 Å². The van der Waals surface area contributed by atoms with E-state index in [2.05, 4.69) is 43.5 Å². The van der Waals surface area contributed by atoms with Gasteiger partial charge in [-0.3, -0.25) is 4.79 Å². The van der Waals surface area contributed by atoms with Crippen molar-refractivity contribution in [3.63, 3.8) is 0 Å². The Balaban J connectivity index is 3.51. The monoisotopic (exact) mass is 746 g/mol. The van der Waals surface area contributed by atoms with E-state index in [9.17, 15) is 20.1 Å². The van der Waals surface area contributed by atoms with Gasteiger partial charge in [0.15, 0.2) is 0 Å². The molecule has 53 heavy (non-hydrogen) atoms. The number of aliphatic hydroxyl groups excluding tert-OH is 3. The third-order valence-electron chi connectivity index (χ3n) is 10.7. The molecule has 0 aromatic rings. The Kier molecular flexibility index (Phi) is 42.1. The molecule has 4 N–H and O–H groups in total. The summed E-state index contributed by atoms with van der Waals surface area (Å²) in [6, 6.07) is -0.817. The number of carbonyl (C=O) groups excluding carboxylic acids is 1. The van der Waals surface area contributed by atoms with Crippen molar-refractivity contribution in [2.75, 3.05) is 6.61 Å². The second-order valence-corrected chi connectivity index (χ2v) is 15.9. The average molecular weight is 746 g/mol. The lowest BCUT2D eigenvalue weighted by Gasteiger charge is -2.21. The molecule has 0 rings (SSSR count). The van der Waals surface area contributed by atoms with E-state index in [1.807, 2.05) is 6.08 Å². The number of rotatable bonds is 42. The first-order valence-electron chi connectivity index (χ1n) is 23.3. The summed E-state index contributed by atoms with van der Waals surface area (Å²) in [6.45, 7) is 4.05. The highest BCUT2D eigenvalue weighted by Crippen LogP contribution is 2.17. The van der Waals surface area contributed by atoms with Crippen molar-refractivity contribution in [1.82, 2.24) is 5.32 Å². The number of aliphatic hydroxyl groups is 3. The molecule has 0 aliphatic heterocycles. The molecule has 0 saturated carbocycles. The molecule has 5 nitrogen and oxygen atoms in total. The van der Waals surface area contributed by atoms with Crippen LogP contribution in [0.25, 0.3) is 0 Å². The van der Waals surface area contributed by atoms with Crippen LogP contribution in [0.2, 0.25) is 0 Å². The van der Waals surface area contributed by atoms with Gasteiger partial charge in [0.05, 0.1) is 18.8 Å². The van der Waals surface area contributed by atoms with Gasteiger partial charge in [0.2, 0.25) is 5.91 Å². The Morgan fingerprint density at radius 2 is 0.792 bits per heavy atom. The van der Waals surface area contributed by atoms with Gasteiger partial charge < -0.3 is 20.6 Å². The molecule has 0 aliphatic carbocycles. The summed E-state index contributed by atoms with van der Waals surface area (Å²) in [7, 11) is 0. The number of hydrogen-bond acceptors (Lipinski definition) is 4. The number of amides is 1. The molecule has 0 heterocycles. The van der Waals surface area contributed by atoms with Gasteiger partial charge in [0.1, 0.15) is 6.10 Å². The molecule has 1 amide bonds. The fourth-order valence-electron chi connectivity index (χ4n) is 7.11. The van der Waals surface area contributed by atoms with E-state index in [4.69, 9.17) is 0 Å². The summed E-state index contributed by atoms with van der Waals surface area (Å²) in [6.07, 6.45) is 55.1.